The minimum Gasteiger partial charge on any atom is -0.505 e. The van der Waals surface area contributed by atoms with Gasteiger partial charge in [-0.25, -0.2) is 0 Å². The first-order chi connectivity index (χ1) is 7.58. The van der Waals surface area contributed by atoms with Crippen LogP contribution in [0.3, 0.4) is 0 Å². The van der Waals surface area contributed by atoms with E-state index in [2.05, 4.69) is 15.0 Å². The number of phenolic OH excluding ortho intramolecular Hbond substituents is 1. The van der Waals surface area contributed by atoms with Gasteiger partial charge in [0.1, 0.15) is 5.75 Å². The molecular formula is C9H10N6O. The van der Waals surface area contributed by atoms with Gasteiger partial charge in [-0.2, -0.15) is 15.0 Å². The summed E-state index contributed by atoms with van der Waals surface area (Å²) < 4.78 is 0. The first-order valence-electron chi connectivity index (χ1n) is 4.43. The van der Waals surface area contributed by atoms with Crippen molar-refractivity contribution < 1.29 is 5.11 Å². The maximum atomic E-state index is 9.73. The third-order valence-electron chi connectivity index (χ3n) is 1.98. The minimum atomic E-state index is -0.104. The number of rotatable bonds is 1. The number of phenols is 1. The summed E-state index contributed by atoms with van der Waals surface area (Å²) in [5, 5.41) is 9.73. The SMILES string of the molecule is Nc1nc(N)nc(-c2cccc(N)c2O)n1. The van der Waals surface area contributed by atoms with Crippen molar-refractivity contribution in [1.29, 1.82) is 0 Å². The molecule has 0 atom stereocenters. The molecule has 82 valence electrons. The van der Waals surface area contributed by atoms with E-state index >= 15 is 0 Å². The van der Waals surface area contributed by atoms with E-state index in [1.165, 1.54) is 0 Å². The quantitative estimate of drug-likeness (QED) is 0.390. The van der Waals surface area contributed by atoms with Crippen LogP contribution in [0.1, 0.15) is 0 Å². The third kappa shape index (κ3) is 1.65. The van der Waals surface area contributed by atoms with Gasteiger partial charge in [-0.1, -0.05) is 6.07 Å². The Bertz CT molecular complexity index is 521. The van der Waals surface area contributed by atoms with Gasteiger partial charge in [0.15, 0.2) is 5.82 Å². The summed E-state index contributed by atoms with van der Waals surface area (Å²) in [5.74, 6) is 0.0657. The van der Waals surface area contributed by atoms with E-state index in [0.717, 1.165) is 0 Å². The number of nitrogen functional groups attached to an aromatic ring is 3. The summed E-state index contributed by atoms with van der Waals surface area (Å²) in [6.07, 6.45) is 0. The number of nitrogens with zero attached hydrogens (tertiary/aromatic N) is 3. The number of aromatic nitrogens is 3. The summed E-state index contributed by atoms with van der Waals surface area (Å²) in [6.45, 7) is 0. The first-order valence-corrected chi connectivity index (χ1v) is 4.43. The van der Waals surface area contributed by atoms with Crippen LogP contribution in [0, 0.1) is 0 Å². The molecule has 7 nitrogen and oxygen atoms in total. The molecule has 7 heteroatoms. The Labute approximate surface area is 91.0 Å². The topological polar surface area (TPSA) is 137 Å². The van der Waals surface area contributed by atoms with E-state index in [1.54, 1.807) is 18.2 Å². The maximum Gasteiger partial charge on any atom is 0.225 e. The molecule has 2 aromatic rings. The van der Waals surface area contributed by atoms with Crippen molar-refractivity contribution in [2.24, 2.45) is 0 Å². The number of anilines is 3. The second-order valence-corrected chi connectivity index (χ2v) is 3.12. The second-order valence-electron chi connectivity index (χ2n) is 3.12. The molecule has 0 saturated heterocycles. The molecule has 0 radical (unpaired) electrons. The maximum absolute atomic E-state index is 9.73. The summed E-state index contributed by atoms with van der Waals surface area (Å²) in [7, 11) is 0. The molecule has 1 aromatic carbocycles. The van der Waals surface area contributed by atoms with E-state index in [9.17, 15) is 5.11 Å². The molecule has 0 aliphatic rings. The van der Waals surface area contributed by atoms with Gasteiger partial charge in [0.25, 0.3) is 0 Å². The average Bonchev–Trinajstić information content (AvgIpc) is 2.20. The molecular weight excluding hydrogens is 208 g/mol. The van der Waals surface area contributed by atoms with Crippen LogP contribution in [0.25, 0.3) is 11.4 Å². The van der Waals surface area contributed by atoms with Gasteiger partial charge in [0.05, 0.1) is 11.3 Å². The highest BCUT2D eigenvalue weighted by Crippen LogP contribution is 2.31. The van der Waals surface area contributed by atoms with Crippen LogP contribution in [0.15, 0.2) is 18.2 Å². The highest BCUT2D eigenvalue weighted by molar-refractivity contribution is 5.73. The Hall–Kier alpha value is -2.57. The average molecular weight is 218 g/mol. The molecule has 0 aliphatic carbocycles. The van der Waals surface area contributed by atoms with Crippen molar-refractivity contribution >= 4 is 17.6 Å². The predicted octanol–water partition coefficient (Wildman–Crippen LogP) is -0.00920. The van der Waals surface area contributed by atoms with Gasteiger partial charge >= 0.3 is 0 Å². The highest BCUT2D eigenvalue weighted by Gasteiger charge is 2.11. The summed E-state index contributed by atoms with van der Waals surface area (Å²) in [5.41, 5.74) is 17.0. The Morgan fingerprint density at radius 2 is 1.56 bits per heavy atom. The fourth-order valence-electron chi connectivity index (χ4n) is 1.27. The molecule has 0 bridgehead atoms. The normalized spacial score (nSPS) is 10.2. The number of para-hydroxylation sites is 1. The lowest BCUT2D eigenvalue weighted by Crippen LogP contribution is -2.04. The van der Waals surface area contributed by atoms with Crippen LogP contribution < -0.4 is 17.2 Å². The van der Waals surface area contributed by atoms with E-state index in [-0.39, 0.29) is 29.2 Å². The molecule has 0 spiro atoms. The first kappa shape index (κ1) is 9.97. The van der Waals surface area contributed by atoms with Crippen molar-refractivity contribution in [3.8, 4) is 17.1 Å². The Morgan fingerprint density at radius 1 is 0.938 bits per heavy atom. The largest absolute Gasteiger partial charge is 0.505 e. The van der Waals surface area contributed by atoms with Gasteiger partial charge < -0.3 is 22.3 Å². The zero-order chi connectivity index (χ0) is 11.7. The fourth-order valence-corrected chi connectivity index (χ4v) is 1.27. The molecule has 0 amide bonds. The van der Waals surface area contributed by atoms with Crippen LogP contribution in [0.2, 0.25) is 0 Å². The number of aromatic hydroxyl groups is 1. The van der Waals surface area contributed by atoms with Crippen LogP contribution in [-0.4, -0.2) is 20.1 Å². The standard InChI is InChI=1S/C9H10N6O/c10-5-3-1-2-4(6(5)16)7-13-8(11)15-9(12)14-7/h1-3,16H,10H2,(H4,11,12,13,14,15). The Balaban J connectivity index is 2.63. The van der Waals surface area contributed by atoms with Crippen molar-refractivity contribution in [3.05, 3.63) is 18.2 Å². The summed E-state index contributed by atoms with van der Waals surface area (Å²) >= 11 is 0. The monoisotopic (exact) mass is 218 g/mol. The van der Waals surface area contributed by atoms with Crippen molar-refractivity contribution in [1.82, 2.24) is 15.0 Å². The second kappa shape index (κ2) is 3.54. The van der Waals surface area contributed by atoms with Crippen molar-refractivity contribution in [3.63, 3.8) is 0 Å². The lowest BCUT2D eigenvalue weighted by Gasteiger charge is -2.06. The molecule has 0 fully saturated rings. The van der Waals surface area contributed by atoms with Gasteiger partial charge in [-0.05, 0) is 12.1 Å². The van der Waals surface area contributed by atoms with Crippen molar-refractivity contribution in [2.75, 3.05) is 17.2 Å². The van der Waals surface area contributed by atoms with Gasteiger partial charge in [0, 0.05) is 0 Å². The lowest BCUT2D eigenvalue weighted by molar-refractivity contribution is 0.479. The van der Waals surface area contributed by atoms with Gasteiger partial charge in [0.2, 0.25) is 11.9 Å². The van der Waals surface area contributed by atoms with Crippen LogP contribution >= 0.6 is 0 Å². The molecule has 16 heavy (non-hydrogen) atoms. The lowest BCUT2D eigenvalue weighted by atomic mass is 10.1. The highest BCUT2D eigenvalue weighted by atomic mass is 16.3. The summed E-state index contributed by atoms with van der Waals surface area (Å²) in [6, 6.07) is 4.84. The van der Waals surface area contributed by atoms with Crippen LogP contribution in [-0.2, 0) is 0 Å². The molecule has 0 unspecified atom stereocenters. The van der Waals surface area contributed by atoms with Crippen LogP contribution in [0.5, 0.6) is 5.75 Å². The zero-order valence-electron chi connectivity index (χ0n) is 8.25. The number of nitrogens with two attached hydrogens (primary N) is 3. The van der Waals surface area contributed by atoms with E-state index in [0.29, 0.717) is 5.56 Å². The minimum absolute atomic E-state index is 0.00988. The third-order valence-corrected chi connectivity index (χ3v) is 1.98. The molecule has 2 rings (SSSR count). The number of benzene rings is 1. The molecule has 0 aliphatic heterocycles. The molecule has 0 saturated carbocycles. The van der Waals surface area contributed by atoms with E-state index in [1.807, 2.05) is 0 Å². The van der Waals surface area contributed by atoms with Crippen LogP contribution in [0.4, 0.5) is 17.6 Å². The molecule has 1 heterocycles. The van der Waals surface area contributed by atoms with E-state index in [4.69, 9.17) is 17.2 Å². The Kier molecular flexibility index (Phi) is 2.20. The predicted molar refractivity (Wildman–Crippen MR) is 60.2 cm³/mol. The zero-order valence-corrected chi connectivity index (χ0v) is 8.25. The fraction of sp³-hybridized carbons (Fsp3) is 0. The molecule has 7 N–H and O–H groups in total. The smallest absolute Gasteiger partial charge is 0.225 e. The summed E-state index contributed by atoms with van der Waals surface area (Å²) in [4.78, 5) is 11.4. The number of hydrogen-bond acceptors (Lipinski definition) is 7. The van der Waals surface area contributed by atoms with Gasteiger partial charge in [-0.3, -0.25) is 0 Å². The Morgan fingerprint density at radius 3 is 2.19 bits per heavy atom. The number of hydrogen-bond donors (Lipinski definition) is 4. The van der Waals surface area contributed by atoms with Gasteiger partial charge in [-0.15, -0.1) is 0 Å². The molecule has 1 aromatic heterocycles. The van der Waals surface area contributed by atoms with E-state index < -0.39 is 0 Å². The van der Waals surface area contributed by atoms with Crippen molar-refractivity contribution in [2.45, 2.75) is 0 Å².